The second-order valence-corrected chi connectivity index (χ2v) is 10.5. The Kier molecular flexibility index (Phi) is 8.97. The molecular weight excluding hydrogens is 604 g/mol. The summed E-state index contributed by atoms with van der Waals surface area (Å²) in [6.07, 6.45) is 3.19. The summed E-state index contributed by atoms with van der Waals surface area (Å²) in [4.78, 5) is 20.8. The first kappa shape index (κ1) is 28.5. The summed E-state index contributed by atoms with van der Waals surface area (Å²) in [5.74, 6) is 5.69. The summed E-state index contributed by atoms with van der Waals surface area (Å²) in [7, 11) is -2.72. The van der Waals surface area contributed by atoms with E-state index in [0.29, 0.717) is 10.2 Å². The molecule has 0 saturated carbocycles. The molecule has 1 unspecified atom stereocenters. The third-order valence-corrected chi connectivity index (χ3v) is 6.57. The Morgan fingerprint density at radius 1 is 0.950 bits per heavy atom. The molecule has 12 nitrogen and oxygen atoms in total. The molecule has 0 fully saturated rings. The summed E-state index contributed by atoms with van der Waals surface area (Å²) >= 11 is 3.27. The van der Waals surface area contributed by atoms with Gasteiger partial charge in [0.1, 0.15) is 5.82 Å². The molecule has 14 heteroatoms. The summed E-state index contributed by atoms with van der Waals surface area (Å²) in [6.45, 7) is 4.94. The lowest BCUT2D eigenvalue weighted by Gasteiger charge is -2.19. The summed E-state index contributed by atoms with van der Waals surface area (Å²) in [6, 6.07) is 9.75. The van der Waals surface area contributed by atoms with Crippen molar-refractivity contribution in [1.29, 1.82) is 0 Å². The lowest BCUT2D eigenvalue weighted by atomic mass is 10.3. The van der Waals surface area contributed by atoms with Crippen LogP contribution in [0.4, 0.5) is 5.82 Å². The van der Waals surface area contributed by atoms with Crippen LogP contribution >= 0.6 is 15.9 Å². The van der Waals surface area contributed by atoms with Gasteiger partial charge in [0, 0.05) is 18.6 Å². The summed E-state index contributed by atoms with van der Waals surface area (Å²) in [5, 5.41) is -0.217. The molecule has 1 N–H and O–H groups in total. The number of aryl methyl sites for hydroxylation is 2. The van der Waals surface area contributed by atoms with Crippen molar-refractivity contribution in [2.75, 3.05) is 11.8 Å². The van der Waals surface area contributed by atoms with Crippen molar-refractivity contribution >= 4 is 31.8 Å². The maximum Gasteiger partial charge on any atom is 0.320 e. The molecule has 0 spiro atoms. The van der Waals surface area contributed by atoms with Gasteiger partial charge in [0.15, 0.2) is 22.3 Å². The van der Waals surface area contributed by atoms with Gasteiger partial charge in [-0.15, -0.1) is 0 Å². The highest BCUT2D eigenvalue weighted by molar-refractivity contribution is 9.10. The van der Waals surface area contributed by atoms with Gasteiger partial charge in [-0.1, -0.05) is 24.1 Å². The first-order valence-electron chi connectivity index (χ1n) is 11.6. The average molecular weight is 627 g/mol. The van der Waals surface area contributed by atoms with Crippen LogP contribution in [0, 0.1) is 25.7 Å². The zero-order chi connectivity index (χ0) is 28.7. The fourth-order valence-electron chi connectivity index (χ4n) is 3.14. The molecule has 0 aliphatic carbocycles. The monoisotopic (exact) mass is 626 g/mol. The maximum absolute atomic E-state index is 13.2. The van der Waals surface area contributed by atoms with Crippen LogP contribution in [0.2, 0.25) is 0 Å². The van der Waals surface area contributed by atoms with Crippen LogP contribution in [-0.4, -0.2) is 46.7 Å². The van der Waals surface area contributed by atoms with Crippen LogP contribution < -0.4 is 23.7 Å². The Bertz CT molecular complexity index is 1660. The normalized spacial score (nSPS) is 11.5. The van der Waals surface area contributed by atoms with Crippen molar-refractivity contribution in [3.05, 3.63) is 70.8 Å². The molecule has 0 aliphatic rings. The largest absolute Gasteiger partial charge is 0.493 e. The van der Waals surface area contributed by atoms with Crippen LogP contribution in [0.1, 0.15) is 18.3 Å². The molecular formula is C26H23BrN6O6S. The third-order valence-electron chi connectivity index (χ3n) is 4.91. The number of benzene rings is 1. The summed E-state index contributed by atoms with van der Waals surface area (Å²) in [5.41, 5.74) is 0.797. The molecule has 4 aromatic rings. The minimum absolute atomic E-state index is 0.0136. The number of aromatic nitrogens is 5. The molecule has 3 aromatic heterocycles. The minimum Gasteiger partial charge on any atom is -0.493 e. The number of anilines is 1. The van der Waals surface area contributed by atoms with Crippen LogP contribution in [0.3, 0.4) is 0 Å². The molecule has 1 aromatic carbocycles. The topological polar surface area (TPSA) is 148 Å². The molecule has 4 rings (SSSR count). The lowest BCUT2D eigenvalue weighted by molar-refractivity contribution is 0.0410. The fourth-order valence-corrected chi connectivity index (χ4v) is 4.28. The van der Waals surface area contributed by atoms with Crippen LogP contribution in [0.5, 0.6) is 29.1 Å². The van der Waals surface area contributed by atoms with Crippen LogP contribution in [0.15, 0.2) is 64.5 Å². The predicted molar refractivity (Wildman–Crippen MR) is 148 cm³/mol. The molecule has 1 atom stereocenters. The molecule has 0 bridgehead atoms. The Hall–Kier alpha value is -4.48. The molecule has 3 heterocycles. The van der Waals surface area contributed by atoms with Gasteiger partial charge >= 0.3 is 12.3 Å². The van der Waals surface area contributed by atoms with Gasteiger partial charge in [0.2, 0.25) is 5.75 Å². The average Bonchev–Trinajstić information content (AvgIpc) is 2.92. The van der Waals surface area contributed by atoms with Gasteiger partial charge in [-0.3, -0.25) is 4.72 Å². The van der Waals surface area contributed by atoms with Crippen molar-refractivity contribution < 1.29 is 27.4 Å². The number of rotatable bonds is 10. The van der Waals surface area contributed by atoms with E-state index in [4.69, 9.17) is 18.9 Å². The number of ether oxygens (including phenoxy) is 4. The van der Waals surface area contributed by atoms with Gasteiger partial charge in [0.25, 0.3) is 15.9 Å². The SMILES string of the molecule is CC#CC(Oc1ncc(Br)cn1)Oc1nc(C)nc(NS(=O)(=O)c2ccc(C)cn2)c1Oc1ccccc1OC. The van der Waals surface area contributed by atoms with Crippen LogP contribution in [0.25, 0.3) is 0 Å². The Morgan fingerprint density at radius 2 is 1.68 bits per heavy atom. The van der Waals surface area contributed by atoms with E-state index in [9.17, 15) is 8.42 Å². The minimum atomic E-state index is -4.19. The number of nitrogens with zero attached hydrogens (tertiary/aromatic N) is 5. The number of sulfonamides is 1. The molecule has 0 saturated heterocycles. The van der Waals surface area contributed by atoms with Gasteiger partial charge in [-0.2, -0.15) is 13.4 Å². The first-order chi connectivity index (χ1) is 19.2. The highest BCUT2D eigenvalue weighted by Crippen LogP contribution is 2.40. The number of hydrogen-bond donors (Lipinski definition) is 1. The zero-order valence-corrected chi connectivity index (χ0v) is 24.1. The van der Waals surface area contributed by atoms with E-state index in [0.717, 1.165) is 5.56 Å². The van der Waals surface area contributed by atoms with Crippen LogP contribution in [-0.2, 0) is 10.0 Å². The number of pyridine rings is 1. The summed E-state index contributed by atoms with van der Waals surface area (Å²) < 4.78 is 52.7. The van der Waals surface area contributed by atoms with E-state index < -0.39 is 16.3 Å². The van der Waals surface area contributed by atoms with Crippen molar-refractivity contribution in [1.82, 2.24) is 24.9 Å². The van der Waals surface area contributed by atoms with Crippen molar-refractivity contribution in [3.8, 4) is 41.0 Å². The number of methoxy groups -OCH3 is 1. The lowest BCUT2D eigenvalue weighted by Crippen LogP contribution is -2.24. The molecule has 0 radical (unpaired) electrons. The van der Waals surface area contributed by atoms with Gasteiger partial charge < -0.3 is 18.9 Å². The fraction of sp³-hybridized carbons (Fsp3) is 0.192. The quantitative estimate of drug-likeness (QED) is 0.196. The van der Waals surface area contributed by atoms with Crippen molar-refractivity contribution in [3.63, 3.8) is 0 Å². The second kappa shape index (κ2) is 12.6. The van der Waals surface area contributed by atoms with Crippen molar-refractivity contribution in [2.45, 2.75) is 32.1 Å². The number of nitrogens with one attached hydrogen (secondary N) is 1. The second-order valence-electron chi connectivity index (χ2n) is 7.93. The Morgan fingerprint density at radius 3 is 2.33 bits per heavy atom. The molecule has 0 amide bonds. The highest BCUT2D eigenvalue weighted by atomic mass is 79.9. The number of hydrogen-bond acceptors (Lipinski definition) is 11. The zero-order valence-electron chi connectivity index (χ0n) is 21.7. The predicted octanol–water partition coefficient (Wildman–Crippen LogP) is 4.45. The van der Waals surface area contributed by atoms with E-state index in [1.165, 1.54) is 31.8 Å². The van der Waals surface area contributed by atoms with Gasteiger partial charge in [-0.25, -0.2) is 19.9 Å². The number of para-hydroxylation sites is 2. The first-order valence-corrected chi connectivity index (χ1v) is 13.8. The maximum atomic E-state index is 13.2. The Labute approximate surface area is 239 Å². The molecule has 40 heavy (non-hydrogen) atoms. The molecule has 206 valence electrons. The van der Waals surface area contributed by atoms with E-state index in [1.807, 2.05) is 0 Å². The van der Waals surface area contributed by atoms with Gasteiger partial charge in [0.05, 0.1) is 11.6 Å². The number of halogens is 1. The van der Waals surface area contributed by atoms with E-state index >= 15 is 0 Å². The van der Waals surface area contributed by atoms with E-state index in [2.05, 4.69) is 57.4 Å². The standard InChI is InChI=1S/C26H23BrN6O6S/c1-5-8-22(39-26-29-14-18(27)15-30-26)38-25-23(37-20-10-7-6-9-19(20)36-4)24(31-17(3)32-25)33-40(34,35)21-12-11-16(2)13-28-21/h6-7,9-15,22H,1-4H3,(H,31,32,33). The molecule has 0 aliphatic heterocycles. The van der Waals surface area contributed by atoms with Crippen molar-refractivity contribution in [2.24, 2.45) is 0 Å². The van der Waals surface area contributed by atoms with E-state index in [1.54, 1.807) is 51.1 Å². The van der Waals surface area contributed by atoms with E-state index in [-0.39, 0.29) is 40.1 Å². The van der Waals surface area contributed by atoms with Gasteiger partial charge in [-0.05, 0) is 66.4 Å². The Balaban J connectivity index is 1.79. The third kappa shape index (κ3) is 7.13. The smallest absolute Gasteiger partial charge is 0.320 e. The highest BCUT2D eigenvalue weighted by Gasteiger charge is 2.26.